The van der Waals surface area contributed by atoms with Gasteiger partial charge in [0.1, 0.15) is 0 Å². The molecule has 1 aliphatic carbocycles. The van der Waals surface area contributed by atoms with Crippen LogP contribution in [-0.2, 0) is 0 Å². The Bertz CT molecular complexity index is 716. The largest absolute Gasteiger partial charge is 0.396 e. The number of benzene rings is 2. The molecule has 102 valence electrons. The molecule has 0 aliphatic heterocycles. The minimum Gasteiger partial charge on any atom is -0.396 e. The van der Waals surface area contributed by atoms with Gasteiger partial charge >= 0.3 is 0 Å². The minimum atomic E-state index is 0.107. The van der Waals surface area contributed by atoms with Crippen LogP contribution in [-0.4, -0.2) is 24.0 Å². The molecule has 3 nitrogen and oxygen atoms in total. The van der Waals surface area contributed by atoms with Crippen molar-refractivity contribution in [2.45, 2.75) is 13.3 Å². The van der Waals surface area contributed by atoms with Crippen LogP contribution in [0.1, 0.15) is 29.3 Å². The predicted octanol–water partition coefficient (Wildman–Crippen LogP) is 3.23. The Morgan fingerprint density at radius 1 is 1.20 bits per heavy atom. The summed E-state index contributed by atoms with van der Waals surface area (Å²) in [7, 11) is 0. The normalized spacial score (nSPS) is 13.5. The van der Waals surface area contributed by atoms with Crippen molar-refractivity contribution in [2.24, 2.45) is 0 Å². The number of allylic oxidation sites excluding steroid dienone is 1. The van der Waals surface area contributed by atoms with Crippen LogP contribution in [0.4, 0.5) is 5.69 Å². The number of hydrogen-bond donors (Lipinski definition) is 2. The lowest BCUT2D eigenvalue weighted by atomic mass is 9.88. The lowest BCUT2D eigenvalue weighted by Crippen LogP contribution is -2.09. The van der Waals surface area contributed by atoms with Crippen molar-refractivity contribution < 1.29 is 9.90 Å². The molecule has 1 aliphatic rings. The molecular formula is C17H17NO2. The Morgan fingerprint density at radius 2 is 2.05 bits per heavy atom. The number of aliphatic hydroxyl groups excluding tert-OH is 1. The number of Topliss-reactive ketones (excluding diaryl/α,β-unsaturated/α-hetero) is 1. The van der Waals surface area contributed by atoms with Gasteiger partial charge in [-0.05, 0) is 36.6 Å². The summed E-state index contributed by atoms with van der Waals surface area (Å²) in [6, 6.07) is 9.93. The molecule has 0 bridgehead atoms. The highest BCUT2D eigenvalue weighted by molar-refractivity contribution is 6.23. The van der Waals surface area contributed by atoms with Gasteiger partial charge in [-0.3, -0.25) is 4.79 Å². The van der Waals surface area contributed by atoms with E-state index in [0.29, 0.717) is 6.42 Å². The molecular weight excluding hydrogens is 250 g/mol. The number of ketones is 1. The average Bonchev–Trinajstić information content (AvgIpc) is 2.47. The summed E-state index contributed by atoms with van der Waals surface area (Å²) in [6.07, 6.45) is 2.66. The monoisotopic (exact) mass is 267 g/mol. The van der Waals surface area contributed by atoms with Gasteiger partial charge < -0.3 is 10.4 Å². The maximum absolute atomic E-state index is 12.3. The van der Waals surface area contributed by atoms with Gasteiger partial charge in [0.15, 0.2) is 5.78 Å². The number of nitrogens with one attached hydrogen (secondary N) is 1. The lowest BCUT2D eigenvalue weighted by Gasteiger charge is -2.17. The van der Waals surface area contributed by atoms with Crippen LogP contribution in [0.25, 0.3) is 16.8 Å². The molecule has 0 fully saturated rings. The molecule has 0 aromatic heterocycles. The quantitative estimate of drug-likeness (QED) is 0.836. The first-order valence-corrected chi connectivity index (χ1v) is 6.86. The third kappa shape index (κ3) is 2.00. The Kier molecular flexibility index (Phi) is 3.28. The first kappa shape index (κ1) is 12.9. The summed E-state index contributed by atoms with van der Waals surface area (Å²) in [4.78, 5) is 12.3. The Labute approximate surface area is 117 Å². The SMILES string of the molecule is CC1=Cc2ccc(NCCCO)c3cccc(c23)C1=O. The average molecular weight is 267 g/mol. The van der Waals surface area contributed by atoms with Crippen molar-refractivity contribution in [3.8, 4) is 0 Å². The van der Waals surface area contributed by atoms with Crippen LogP contribution in [0, 0.1) is 0 Å². The molecule has 0 saturated carbocycles. The fourth-order valence-corrected chi connectivity index (χ4v) is 2.71. The molecule has 2 N–H and O–H groups in total. The summed E-state index contributed by atoms with van der Waals surface area (Å²) in [5.41, 5.74) is 3.68. The van der Waals surface area contributed by atoms with Gasteiger partial charge in [-0.1, -0.05) is 24.3 Å². The highest BCUT2D eigenvalue weighted by atomic mass is 16.3. The van der Waals surface area contributed by atoms with E-state index in [1.807, 2.05) is 43.3 Å². The Balaban J connectivity index is 2.15. The standard InChI is InChI=1S/C17H17NO2/c1-11-10-12-6-7-15(18-8-3-9-19)13-4-2-5-14(16(12)13)17(11)20/h2,4-7,10,18-19H,3,8-9H2,1H3. The molecule has 0 atom stereocenters. The molecule has 0 saturated heterocycles. The van der Waals surface area contributed by atoms with E-state index in [2.05, 4.69) is 5.32 Å². The fraction of sp³-hybridized carbons (Fsp3) is 0.235. The smallest absolute Gasteiger partial charge is 0.189 e. The Hall–Kier alpha value is -2.13. The highest BCUT2D eigenvalue weighted by Gasteiger charge is 2.19. The van der Waals surface area contributed by atoms with Gasteiger partial charge in [0.2, 0.25) is 0 Å². The van der Waals surface area contributed by atoms with Crippen LogP contribution >= 0.6 is 0 Å². The van der Waals surface area contributed by atoms with Crippen LogP contribution in [0.2, 0.25) is 0 Å². The number of rotatable bonds is 4. The van der Waals surface area contributed by atoms with Crippen LogP contribution in [0.3, 0.4) is 0 Å². The highest BCUT2D eigenvalue weighted by Crippen LogP contribution is 2.35. The minimum absolute atomic E-state index is 0.107. The first-order chi connectivity index (χ1) is 9.72. The molecule has 0 heterocycles. The molecule has 0 unspecified atom stereocenters. The van der Waals surface area contributed by atoms with Gasteiger partial charge in [-0.2, -0.15) is 0 Å². The fourth-order valence-electron chi connectivity index (χ4n) is 2.71. The number of carbonyl (C=O) groups is 1. The van der Waals surface area contributed by atoms with Crippen molar-refractivity contribution in [2.75, 3.05) is 18.5 Å². The number of hydrogen-bond acceptors (Lipinski definition) is 3. The second-order valence-electron chi connectivity index (χ2n) is 5.09. The third-order valence-electron chi connectivity index (χ3n) is 3.70. The van der Waals surface area contributed by atoms with Crippen molar-refractivity contribution >= 4 is 28.3 Å². The summed E-state index contributed by atoms with van der Waals surface area (Å²) in [5.74, 6) is 0.107. The predicted molar refractivity (Wildman–Crippen MR) is 82.1 cm³/mol. The molecule has 0 radical (unpaired) electrons. The molecule has 20 heavy (non-hydrogen) atoms. The van der Waals surface area contributed by atoms with Crippen molar-refractivity contribution in [1.29, 1.82) is 0 Å². The summed E-state index contributed by atoms with van der Waals surface area (Å²) in [5, 5.41) is 14.3. The third-order valence-corrected chi connectivity index (χ3v) is 3.70. The van der Waals surface area contributed by atoms with Crippen molar-refractivity contribution in [3.63, 3.8) is 0 Å². The van der Waals surface area contributed by atoms with E-state index in [4.69, 9.17) is 5.11 Å². The maximum atomic E-state index is 12.3. The number of anilines is 1. The van der Waals surface area contributed by atoms with Crippen molar-refractivity contribution in [1.82, 2.24) is 0 Å². The van der Waals surface area contributed by atoms with Gasteiger partial charge in [0.25, 0.3) is 0 Å². The molecule has 2 aromatic rings. The van der Waals surface area contributed by atoms with Crippen LogP contribution in [0.15, 0.2) is 35.9 Å². The number of aliphatic hydroxyl groups is 1. The molecule has 3 rings (SSSR count). The second kappa shape index (κ2) is 5.10. The van der Waals surface area contributed by atoms with E-state index in [9.17, 15) is 4.79 Å². The Morgan fingerprint density at radius 3 is 2.85 bits per heavy atom. The zero-order chi connectivity index (χ0) is 14.1. The van der Waals surface area contributed by atoms with E-state index in [-0.39, 0.29) is 12.4 Å². The molecule has 2 aromatic carbocycles. The topological polar surface area (TPSA) is 49.3 Å². The van der Waals surface area contributed by atoms with Gasteiger partial charge in [-0.15, -0.1) is 0 Å². The van der Waals surface area contributed by atoms with E-state index in [0.717, 1.165) is 39.7 Å². The molecule has 0 amide bonds. The second-order valence-corrected chi connectivity index (χ2v) is 5.09. The van der Waals surface area contributed by atoms with Gasteiger partial charge in [0.05, 0.1) is 0 Å². The van der Waals surface area contributed by atoms with Crippen LogP contribution < -0.4 is 5.32 Å². The van der Waals surface area contributed by atoms with Crippen molar-refractivity contribution in [3.05, 3.63) is 47.0 Å². The maximum Gasteiger partial charge on any atom is 0.189 e. The van der Waals surface area contributed by atoms with E-state index in [1.165, 1.54) is 0 Å². The first-order valence-electron chi connectivity index (χ1n) is 6.86. The van der Waals surface area contributed by atoms with E-state index >= 15 is 0 Å². The van der Waals surface area contributed by atoms with Gasteiger partial charge in [0, 0.05) is 35.2 Å². The van der Waals surface area contributed by atoms with Crippen LogP contribution in [0.5, 0.6) is 0 Å². The summed E-state index contributed by atoms with van der Waals surface area (Å²) >= 11 is 0. The summed E-state index contributed by atoms with van der Waals surface area (Å²) < 4.78 is 0. The summed E-state index contributed by atoms with van der Waals surface area (Å²) in [6.45, 7) is 2.75. The van der Waals surface area contributed by atoms with E-state index in [1.54, 1.807) is 0 Å². The zero-order valence-corrected chi connectivity index (χ0v) is 11.4. The van der Waals surface area contributed by atoms with E-state index < -0.39 is 0 Å². The number of carbonyl (C=O) groups excluding carboxylic acids is 1. The van der Waals surface area contributed by atoms with Gasteiger partial charge in [-0.25, -0.2) is 0 Å². The molecule has 3 heteroatoms. The molecule has 0 spiro atoms. The zero-order valence-electron chi connectivity index (χ0n) is 11.4. The lowest BCUT2D eigenvalue weighted by molar-refractivity contribution is 0.103.